The van der Waals surface area contributed by atoms with Crippen molar-refractivity contribution in [2.45, 2.75) is 6.54 Å². The third-order valence-electron chi connectivity index (χ3n) is 1.44. The van der Waals surface area contributed by atoms with E-state index in [0.717, 1.165) is 5.56 Å². The quantitative estimate of drug-likeness (QED) is 0.405. The Bertz CT molecular complexity index is 301. The molecule has 0 unspecified atom stereocenters. The Morgan fingerprint density at radius 1 is 1.54 bits per heavy atom. The Morgan fingerprint density at radius 2 is 2.31 bits per heavy atom. The van der Waals surface area contributed by atoms with Crippen LogP contribution >= 0.6 is 0 Å². The molecule has 1 amide bonds. The third kappa shape index (κ3) is 3.44. The minimum atomic E-state index is -1.11. The van der Waals surface area contributed by atoms with Crippen LogP contribution in [0.25, 0.3) is 0 Å². The first-order chi connectivity index (χ1) is 6.18. The first-order valence-electron chi connectivity index (χ1n) is 3.74. The highest BCUT2D eigenvalue weighted by Crippen LogP contribution is 2.05. The molecule has 0 bridgehead atoms. The molecule has 0 spiro atoms. The van der Waals surface area contributed by atoms with Crippen LogP contribution in [-0.2, 0) is 6.54 Å². The van der Waals surface area contributed by atoms with Crippen molar-refractivity contribution in [1.82, 2.24) is 10.9 Å². The predicted molar refractivity (Wildman–Crippen MR) is 48.9 cm³/mol. The molecule has 0 aromatic heterocycles. The van der Waals surface area contributed by atoms with Gasteiger partial charge < -0.3 is 10.8 Å². The molecular formula is C8H11N3O2. The number of hydrogen-bond donors (Lipinski definition) is 4. The summed E-state index contributed by atoms with van der Waals surface area (Å²) in [5.74, 6) is 0. The van der Waals surface area contributed by atoms with Gasteiger partial charge in [0.1, 0.15) is 0 Å². The van der Waals surface area contributed by atoms with E-state index in [1.54, 1.807) is 12.1 Å². The van der Waals surface area contributed by atoms with Crippen molar-refractivity contribution < 1.29 is 9.90 Å². The number of nitrogen functional groups attached to an aromatic ring is 1. The monoisotopic (exact) mass is 181 g/mol. The van der Waals surface area contributed by atoms with E-state index in [1.165, 1.54) is 0 Å². The van der Waals surface area contributed by atoms with Crippen LogP contribution in [0.15, 0.2) is 24.3 Å². The second-order valence-corrected chi connectivity index (χ2v) is 2.53. The van der Waals surface area contributed by atoms with Gasteiger partial charge in [0, 0.05) is 12.2 Å². The lowest BCUT2D eigenvalue weighted by Crippen LogP contribution is -2.35. The zero-order chi connectivity index (χ0) is 9.68. The van der Waals surface area contributed by atoms with E-state index >= 15 is 0 Å². The van der Waals surface area contributed by atoms with Gasteiger partial charge in [0.25, 0.3) is 0 Å². The number of anilines is 1. The Kier molecular flexibility index (Phi) is 3.10. The number of hydrazine groups is 1. The average molecular weight is 181 g/mol. The van der Waals surface area contributed by atoms with Gasteiger partial charge in [-0.05, 0) is 17.7 Å². The fourth-order valence-electron chi connectivity index (χ4n) is 0.925. The largest absolute Gasteiger partial charge is 0.464 e. The summed E-state index contributed by atoms with van der Waals surface area (Å²) in [6, 6.07) is 7.21. The molecule has 5 N–H and O–H groups in total. The van der Waals surface area contributed by atoms with Crippen molar-refractivity contribution in [3.8, 4) is 0 Å². The van der Waals surface area contributed by atoms with Gasteiger partial charge in [0.05, 0.1) is 0 Å². The van der Waals surface area contributed by atoms with Crippen LogP contribution < -0.4 is 16.6 Å². The molecule has 0 saturated carbocycles. The zero-order valence-corrected chi connectivity index (χ0v) is 6.95. The lowest BCUT2D eigenvalue weighted by molar-refractivity contribution is 0.189. The summed E-state index contributed by atoms with van der Waals surface area (Å²) in [6.07, 6.45) is -1.11. The summed E-state index contributed by atoms with van der Waals surface area (Å²) < 4.78 is 0. The van der Waals surface area contributed by atoms with Crippen molar-refractivity contribution in [2.24, 2.45) is 0 Å². The van der Waals surface area contributed by atoms with Crippen molar-refractivity contribution in [2.75, 3.05) is 5.73 Å². The highest BCUT2D eigenvalue weighted by atomic mass is 16.4. The number of carboxylic acid groups (broad SMARTS) is 1. The number of nitrogens with one attached hydrogen (secondary N) is 2. The normalized spacial score (nSPS) is 9.54. The van der Waals surface area contributed by atoms with Crippen molar-refractivity contribution >= 4 is 11.8 Å². The Labute approximate surface area is 75.5 Å². The van der Waals surface area contributed by atoms with E-state index in [1.807, 2.05) is 17.6 Å². The van der Waals surface area contributed by atoms with E-state index in [-0.39, 0.29) is 0 Å². The highest BCUT2D eigenvalue weighted by molar-refractivity contribution is 5.63. The fourth-order valence-corrected chi connectivity index (χ4v) is 0.925. The number of amides is 1. The molecule has 5 heteroatoms. The van der Waals surface area contributed by atoms with Crippen LogP contribution in [0.2, 0.25) is 0 Å². The molecule has 5 nitrogen and oxygen atoms in total. The smallest absolute Gasteiger partial charge is 0.419 e. The van der Waals surface area contributed by atoms with Gasteiger partial charge in [0.2, 0.25) is 0 Å². The predicted octanol–water partition coefficient (Wildman–Crippen LogP) is 0.541. The Hall–Kier alpha value is -1.75. The number of rotatable bonds is 3. The topological polar surface area (TPSA) is 87.4 Å². The van der Waals surface area contributed by atoms with E-state index in [2.05, 4.69) is 5.43 Å². The van der Waals surface area contributed by atoms with Gasteiger partial charge in [-0.3, -0.25) is 5.43 Å². The fraction of sp³-hybridized carbons (Fsp3) is 0.125. The first-order valence-corrected chi connectivity index (χ1v) is 3.74. The summed E-state index contributed by atoms with van der Waals surface area (Å²) in [4.78, 5) is 10.1. The number of carbonyl (C=O) groups is 1. The van der Waals surface area contributed by atoms with Crippen molar-refractivity contribution in [3.05, 3.63) is 29.8 Å². The van der Waals surface area contributed by atoms with Gasteiger partial charge in [-0.1, -0.05) is 12.1 Å². The van der Waals surface area contributed by atoms with Crippen molar-refractivity contribution in [1.29, 1.82) is 0 Å². The molecule has 1 rings (SSSR count). The summed E-state index contributed by atoms with van der Waals surface area (Å²) in [6.45, 7) is 0.414. The van der Waals surface area contributed by atoms with Crippen LogP contribution in [0.5, 0.6) is 0 Å². The minimum absolute atomic E-state index is 0.414. The van der Waals surface area contributed by atoms with E-state index in [9.17, 15) is 4.79 Å². The lowest BCUT2D eigenvalue weighted by Gasteiger charge is -2.04. The van der Waals surface area contributed by atoms with Crippen LogP contribution in [0.3, 0.4) is 0 Å². The second kappa shape index (κ2) is 4.32. The van der Waals surface area contributed by atoms with E-state index < -0.39 is 6.09 Å². The molecule has 0 aliphatic heterocycles. The van der Waals surface area contributed by atoms with Gasteiger partial charge in [-0.25, -0.2) is 10.2 Å². The number of nitrogens with two attached hydrogens (primary N) is 1. The molecule has 0 saturated heterocycles. The Balaban J connectivity index is 2.41. The molecule has 0 atom stereocenters. The Morgan fingerprint density at radius 3 is 2.92 bits per heavy atom. The lowest BCUT2D eigenvalue weighted by atomic mass is 10.2. The summed E-state index contributed by atoms with van der Waals surface area (Å²) in [7, 11) is 0. The maximum Gasteiger partial charge on any atom is 0.419 e. The molecule has 0 heterocycles. The van der Waals surface area contributed by atoms with Gasteiger partial charge in [-0.2, -0.15) is 0 Å². The maximum atomic E-state index is 10.1. The van der Waals surface area contributed by atoms with Crippen molar-refractivity contribution in [3.63, 3.8) is 0 Å². The maximum absolute atomic E-state index is 10.1. The average Bonchev–Trinajstić information content (AvgIpc) is 2.03. The molecule has 1 aromatic carbocycles. The molecule has 1 aromatic rings. The van der Waals surface area contributed by atoms with Gasteiger partial charge in [-0.15, -0.1) is 0 Å². The molecule has 0 radical (unpaired) electrons. The molecular weight excluding hydrogens is 170 g/mol. The zero-order valence-electron chi connectivity index (χ0n) is 6.95. The minimum Gasteiger partial charge on any atom is -0.464 e. The standard InChI is InChI=1S/C8H11N3O2/c9-7-3-1-2-6(4-7)5-10-11-8(12)13/h1-4,10-11H,5,9H2,(H,12,13). The summed E-state index contributed by atoms with van der Waals surface area (Å²) in [5, 5.41) is 8.25. The highest BCUT2D eigenvalue weighted by Gasteiger charge is 1.94. The summed E-state index contributed by atoms with van der Waals surface area (Å²) in [5.41, 5.74) is 11.7. The van der Waals surface area contributed by atoms with Crippen LogP contribution in [0.1, 0.15) is 5.56 Å². The molecule has 0 aliphatic carbocycles. The molecule has 70 valence electrons. The van der Waals surface area contributed by atoms with Gasteiger partial charge in [0.15, 0.2) is 0 Å². The van der Waals surface area contributed by atoms with Crippen LogP contribution in [0, 0.1) is 0 Å². The summed E-state index contributed by atoms with van der Waals surface area (Å²) >= 11 is 0. The first kappa shape index (κ1) is 9.34. The molecule has 0 aliphatic rings. The van der Waals surface area contributed by atoms with Crippen LogP contribution in [0.4, 0.5) is 10.5 Å². The molecule has 13 heavy (non-hydrogen) atoms. The van der Waals surface area contributed by atoms with Gasteiger partial charge >= 0.3 is 6.09 Å². The van der Waals surface area contributed by atoms with E-state index in [0.29, 0.717) is 12.2 Å². The number of hydrogen-bond acceptors (Lipinski definition) is 3. The van der Waals surface area contributed by atoms with Crippen LogP contribution in [-0.4, -0.2) is 11.2 Å². The molecule has 0 fully saturated rings. The third-order valence-corrected chi connectivity index (χ3v) is 1.44. The second-order valence-electron chi connectivity index (χ2n) is 2.53. The SMILES string of the molecule is Nc1cccc(CNNC(=O)O)c1. The van der Waals surface area contributed by atoms with E-state index in [4.69, 9.17) is 10.8 Å². The number of benzene rings is 1.